The molecule has 2 rings (SSSR count). The van der Waals surface area contributed by atoms with E-state index in [2.05, 4.69) is 5.32 Å². The van der Waals surface area contributed by atoms with Gasteiger partial charge in [0.25, 0.3) is 5.91 Å². The number of aliphatic hydroxyl groups excluding tert-OH is 1. The number of rotatable bonds is 9. The second-order valence-electron chi connectivity index (χ2n) is 7.59. The van der Waals surface area contributed by atoms with Crippen LogP contribution < -0.4 is 5.32 Å². The summed E-state index contributed by atoms with van der Waals surface area (Å²) < 4.78 is 0. The minimum Gasteiger partial charge on any atom is -0.480 e. The molecule has 0 aliphatic carbocycles. The van der Waals surface area contributed by atoms with Crippen LogP contribution in [0.15, 0.2) is 24.3 Å². The van der Waals surface area contributed by atoms with Gasteiger partial charge in [-0.15, -0.1) is 0 Å². The number of aldehydes is 1. The van der Waals surface area contributed by atoms with E-state index in [1.807, 2.05) is 21.9 Å². The van der Waals surface area contributed by atoms with Crippen LogP contribution >= 0.6 is 0 Å². The molecule has 0 radical (unpaired) electrons. The molecular formula is C22H34N4O7. The Hall–Kier alpha value is -2.86. The number of aliphatic hydroxyl groups is 1. The molecule has 1 saturated heterocycles. The maximum absolute atomic E-state index is 11.8. The van der Waals surface area contributed by atoms with E-state index in [1.54, 1.807) is 24.1 Å². The Morgan fingerprint density at radius 3 is 2.09 bits per heavy atom. The van der Waals surface area contributed by atoms with Gasteiger partial charge in [-0.2, -0.15) is 0 Å². The topological polar surface area (TPSA) is 151 Å². The van der Waals surface area contributed by atoms with Crippen LogP contribution in [0, 0.1) is 0 Å². The largest absolute Gasteiger partial charge is 0.480 e. The van der Waals surface area contributed by atoms with E-state index in [4.69, 9.17) is 5.11 Å². The smallest absolute Gasteiger partial charge is 0.317 e. The Labute approximate surface area is 193 Å². The molecule has 1 fully saturated rings. The Morgan fingerprint density at radius 2 is 1.55 bits per heavy atom. The number of carboxylic acid groups (broad SMARTS) is 2. The quantitative estimate of drug-likeness (QED) is 0.329. The van der Waals surface area contributed by atoms with E-state index in [9.17, 15) is 29.4 Å². The number of nitrogens with one attached hydrogen (secondary N) is 1. The summed E-state index contributed by atoms with van der Waals surface area (Å²) >= 11 is 0. The summed E-state index contributed by atoms with van der Waals surface area (Å²) in [5.41, 5.74) is 1.45. The zero-order valence-electron chi connectivity index (χ0n) is 19.1. The van der Waals surface area contributed by atoms with Crippen LogP contribution in [0.2, 0.25) is 0 Å². The Balaban J connectivity index is 0.00000265. The number of amides is 1. The van der Waals surface area contributed by atoms with Crippen molar-refractivity contribution in [2.24, 2.45) is 0 Å². The van der Waals surface area contributed by atoms with E-state index in [0.29, 0.717) is 44.7 Å². The predicted octanol–water partition coefficient (Wildman–Crippen LogP) is -1.15. The first-order valence-corrected chi connectivity index (χ1v) is 10.6. The van der Waals surface area contributed by atoms with Gasteiger partial charge < -0.3 is 25.4 Å². The van der Waals surface area contributed by atoms with Crippen LogP contribution in [0.5, 0.6) is 0 Å². The summed E-state index contributed by atoms with van der Waals surface area (Å²) in [4.78, 5) is 51.1. The third kappa shape index (κ3) is 10.1. The van der Waals surface area contributed by atoms with Gasteiger partial charge in [0.1, 0.15) is 6.29 Å². The predicted molar refractivity (Wildman–Crippen MR) is 121 cm³/mol. The van der Waals surface area contributed by atoms with Crippen molar-refractivity contribution in [1.82, 2.24) is 20.0 Å². The summed E-state index contributed by atoms with van der Waals surface area (Å²) in [7, 11) is 2.56. The maximum Gasteiger partial charge on any atom is 0.317 e. The molecule has 1 aromatic rings. The second-order valence-corrected chi connectivity index (χ2v) is 7.59. The fraction of sp³-hybridized carbons (Fsp3) is 0.545. The van der Waals surface area contributed by atoms with Gasteiger partial charge in [-0.25, -0.2) is 0 Å². The second kappa shape index (κ2) is 15.1. The van der Waals surface area contributed by atoms with Gasteiger partial charge in [-0.1, -0.05) is 12.1 Å². The van der Waals surface area contributed by atoms with Crippen LogP contribution in [-0.4, -0.2) is 127 Å². The zero-order chi connectivity index (χ0) is 24.8. The van der Waals surface area contributed by atoms with Crippen LogP contribution in [0.1, 0.15) is 15.9 Å². The average Bonchev–Trinajstić information content (AvgIpc) is 2.86. The Kier molecular flexibility index (Phi) is 12.9. The first-order chi connectivity index (χ1) is 15.8. The molecule has 11 nitrogen and oxygen atoms in total. The maximum atomic E-state index is 11.8. The summed E-state index contributed by atoms with van der Waals surface area (Å²) in [6.45, 7) is 2.20. The summed E-state index contributed by atoms with van der Waals surface area (Å²) in [6.07, 6.45) is 1.30. The number of hydrogen-bond acceptors (Lipinski definition) is 8. The van der Waals surface area contributed by atoms with Crippen molar-refractivity contribution in [3.05, 3.63) is 35.4 Å². The van der Waals surface area contributed by atoms with Crippen molar-refractivity contribution in [2.75, 3.05) is 66.5 Å². The molecule has 0 aromatic heterocycles. The van der Waals surface area contributed by atoms with E-state index >= 15 is 0 Å². The molecule has 1 aliphatic rings. The van der Waals surface area contributed by atoms with E-state index in [-0.39, 0.29) is 31.6 Å². The van der Waals surface area contributed by atoms with Gasteiger partial charge >= 0.3 is 11.9 Å². The van der Waals surface area contributed by atoms with Crippen LogP contribution in [0.4, 0.5) is 0 Å². The van der Waals surface area contributed by atoms with E-state index in [1.165, 1.54) is 0 Å². The lowest BCUT2D eigenvalue weighted by Gasteiger charge is -2.33. The minimum absolute atomic E-state index is 0.165. The molecule has 4 N–H and O–H groups in total. The lowest BCUT2D eigenvalue weighted by molar-refractivity contribution is -0.140. The monoisotopic (exact) mass is 466 g/mol. The highest BCUT2D eigenvalue weighted by molar-refractivity contribution is 5.93. The average molecular weight is 467 g/mol. The van der Waals surface area contributed by atoms with Gasteiger partial charge in [0.05, 0.1) is 19.6 Å². The normalized spacial score (nSPS) is 18.1. The molecular weight excluding hydrogens is 432 g/mol. The first-order valence-electron chi connectivity index (χ1n) is 10.6. The van der Waals surface area contributed by atoms with Crippen molar-refractivity contribution in [3.8, 4) is 0 Å². The van der Waals surface area contributed by atoms with E-state index < -0.39 is 11.9 Å². The van der Waals surface area contributed by atoms with Crippen molar-refractivity contribution < 1.29 is 34.5 Å². The molecule has 1 amide bonds. The van der Waals surface area contributed by atoms with Crippen LogP contribution in [0.3, 0.4) is 0 Å². The number of hydrogen-bond donors (Lipinski definition) is 4. The first kappa shape index (κ1) is 28.2. The number of nitrogens with zero attached hydrogens (tertiary/aromatic N) is 3. The van der Waals surface area contributed by atoms with Crippen molar-refractivity contribution >= 4 is 24.1 Å². The third-order valence-electron chi connectivity index (χ3n) is 5.37. The molecule has 1 heterocycles. The van der Waals surface area contributed by atoms with Gasteiger partial charge in [-0.05, 0) is 24.1 Å². The number of aliphatic carboxylic acids is 2. The fourth-order valence-electron chi connectivity index (χ4n) is 3.76. The molecule has 1 atom stereocenters. The van der Waals surface area contributed by atoms with Gasteiger partial charge in [0, 0.05) is 58.5 Å². The van der Waals surface area contributed by atoms with E-state index in [0.717, 1.165) is 19.0 Å². The fourth-order valence-corrected chi connectivity index (χ4v) is 3.76. The van der Waals surface area contributed by atoms with Crippen LogP contribution in [-0.2, 0) is 20.8 Å². The highest BCUT2D eigenvalue weighted by atomic mass is 16.4. The number of benzene rings is 1. The summed E-state index contributed by atoms with van der Waals surface area (Å²) in [5, 5.41) is 28.3. The summed E-state index contributed by atoms with van der Waals surface area (Å²) in [6, 6.07) is 6.85. The molecule has 184 valence electrons. The molecule has 0 bridgehead atoms. The Morgan fingerprint density at radius 1 is 0.970 bits per heavy atom. The number of carbonyl (C=O) groups excluding carboxylic acids is 2. The zero-order valence-corrected chi connectivity index (χ0v) is 19.1. The highest BCUT2D eigenvalue weighted by Crippen LogP contribution is 2.14. The molecule has 11 heteroatoms. The molecule has 1 aromatic carbocycles. The highest BCUT2D eigenvalue weighted by Gasteiger charge is 2.27. The molecule has 0 saturated carbocycles. The third-order valence-corrected chi connectivity index (χ3v) is 5.37. The molecule has 33 heavy (non-hydrogen) atoms. The van der Waals surface area contributed by atoms with Crippen molar-refractivity contribution in [1.29, 1.82) is 0 Å². The van der Waals surface area contributed by atoms with Crippen molar-refractivity contribution in [2.45, 2.75) is 12.5 Å². The lowest BCUT2D eigenvalue weighted by atomic mass is 10.0. The SMILES string of the molecule is CNC(=O)c1ccc(CC2CN(CC(=O)O)CCN(CC=O)CCN2CC(=O)O)cc1.CO. The van der Waals surface area contributed by atoms with Crippen molar-refractivity contribution in [3.63, 3.8) is 0 Å². The van der Waals surface area contributed by atoms with Crippen LogP contribution in [0.25, 0.3) is 0 Å². The van der Waals surface area contributed by atoms with Gasteiger partial charge in [0.2, 0.25) is 0 Å². The molecule has 1 unspecified atom stereocenters. The van der Waals surface area contributed by atoms with Gasteiger partial charge in [-0.3, -0.25) is 29.1 Å². The molecule has 0 spiro atoms. The summed E-state index contributed by atoms with van der Waals surface area (Å²) in [5.74, 6) is -2.12. The number of carboxylic acids is 2. The molecule has 1 aliphatic heterocycles. The lowest BCUT2D eigenvalue weighted by Crippen LogP contribution is -2.48. The number of carbonyl (C=O) groups is 4. The minimum atomic E-state index is -0.967. The van der Waals surface area contributed by atoms with Gasteiger partial charge in [0.15, 0.2) is 0 Å². The Bertz CT molecular complexity index is 773. The standard InChI is InChI=1S/C21H30N4O6.CH4O/c1-22-21(31)17-4-2-16(3-5-17)12-18-13-24(14-19(27)28)7-6-23(10-11-26)8-9-25(18)15-20(29)30;1-2/h2-5,11,18H,6-10,12-15H2,1H3,(H,22,31)(H,27,28)(H,29,30);2H,1H3.